The minimum absolute atomic E-state index is 0.143. The highest BCUT2D eigenvalue weighted by atomic mass is 16.5. The number of rotatable bonds is 4. The van der Waals surface area contributed by atoms with Gasteiger partial charge in [0, 0.05) is 5.56 Å². The van der Waals surface area contributed by atoms with E-state index in [1.807, 2.05) is 38.1 Å². The van der Waals surface area contributed by atoms with Crippen molar-refractivity contribution in [3.8, 4) is 5.75 Å². The Morgan fingerprint density at radius 2 is 1.78 bits per heavy atom. The van der Waals surface area contributed by atoms with Crippen molar-refractivity contribution in [3.63, 3.8) is 0 Å². The summed E-state index contributed by atoms with van der Waals surface area (Å²) in [5.41, 5.74) is 0.957. The van der Waals surface area contributed by atoms with Crippen LogP contribution >= 0.6 is 0 Å². The first-order valence-electron chi connectivity index (χ1n) is 7.12. The molecular weight excluding hydrogens is 224 g/mol. The van der Waals surface area contributed by atoms with Crippen molar-refractivity contribution >= 4 is 0 Å². The molecule has 0 aliphatic heterocycles. The maximum absolute atomic E-state index is 10.6. The Morgan fingerprint density at radius 3 is 2.44 bits per heavy atom. The molecule has 0 amide bonds. The molecule has 1 aromatic rings. The third kappa shape index (κ3) is 3.26. The zero-order valence-electron chi connectivity index (χ0n) is 11.4. The first-order valence-corrected chi connectivity index (χ1v) is 7.12. The summed E-state index contributed by atoms with van der Waals surface area (Å²) in [7, 11) is 0. The molecule has 1 saturated carbocycles. The minimum atomic E-state index is -0.375. The Kier molecular flexibility index (Phi) is 4.65. The highest BCUT2D eigenvalue weighted by Gasteiger charge is 2.25. The second-order valence-corrected chi connectivity index (χ2v) is 5.55. The summed E-state index contributed by atoms with van der Waals surface area (Å²) in [6.45, 7) is 4.04. The van der Waals surface area contributed by atoms with E-state index in [0.717, 1.165) is 24.2 Å². The van der Waals surface area contributed by atoms with Gasteiger partial charge in [-0.3, -0.25) is 0 Å². The number of aliphatic hydroxyl groups excluding tert-OH is 1. The molecule has 0 radical (unpaired) electrons. The van der Waals surface area contributed by atoms with Crippen molar-refractivity contribution in [1.82, 2.24) is 0 Å². The van der Waals surface area contributed by atoms with Crippen LogP contribution in [0.15, 0.2) is 24.3 Å². The molecule has 1 aliphatic rings. The van der Waals surface area contributed by atoms with Crippen LogP contribution in [0.4, 0.5) is 0 Å². The molecule has 1 aliphatic carbocycles. The molecular formula is C16H24O2. The van der Waals surface area contributed by atoms with Crippen molar-refractivity contribution in [2.45, 2.75) is 58.2 Å². The highest BCUT2D eigenvalue weighted by molar-refractivity contribution is 5.35. The zero-order chi connectivity index (χ0) is 13.0. The normalized spacial score (nSPS) is 18.9. The van der Waals surface area contributed by atoms with E-state index < -0.39 is 0 Å². The fourth-order valence-corrected chi connectivity index (χ4v) is 2.79. The fraction of sp³-hybridized carbons (Fsp3) is 0.625. The van der Waals surface area contributed by atoms with E-state index >= 15 is 0 Å². The second kappa shape index (κ2) is 6.24. The zero-order valence-corrected chi connectivity index (χ0v) is 11.4. The number of benzene rings is 1. The first kappa shape index (κ1) is 13.4. The van der Waals surface area contributed by atoms with E-state index in [9.17, 15) is 5.11 Å². The van der Waals surface area contributed by atoms with Crippen molar-refractivity contribution in [3.05, 3.63) is 29.8 Å². The summed E-state index contributed by atoms with van der Waals surface area (Å²) in [5.74, 6) is 1.24. The molecule has 1 aromatic carbocycles. The molecule has 0 heterocycles. The maximum Gasteiger partial charge on any atom is 0.125 e. The molecule has 1 unspecified atom stereocenters. The number of hydrogen-bond donors (Lipinski definition) is 1. The lowest BCUT2D eigenvalue weighted by molar-refractivity contribution is 0.0804. The Labute approximate surface area is 110 Å². The molecule has 1 atom stereocenters. The summed E-state index contributed by atoms with van der Waals surface area (Å²) >= 11 is 0. The fourth-order valence-electron chi connectivity index (χ4n) is 2.79. The highest BCUT2D eigenvalue weighted by Crippen LogP contribution is 2.37. The molecule has 0 bridgehead atoms. The average Bonchev–Trinajstić information content (AvgIpc) is 2.39. The van der Waals surface area contributed by atoms with Gasteiger partial charge in [0.05, 0.1) is 12.2 Å². The second-order valence-electron chi connectivity index (χ2n) is 5.55. The lowest BCUT2D eigenvalue weighted by atomic mass is 9.82. The molecule has 18 heavy (non-hydrogen) atoms. The van der Waals surface area contributed by atoms with E-state index in [1.165, 1.54) is 19.3 Å². The van der Waals surface area contributed by atoms with Gasteiger partial charge in [0.25, 0.3) is 0 Å². The number of aliphatic hydroxyl groups is 1. The van der Waals surface area contributed by atoms with Crippen LogP contribution in [0.1, 0.15) is 57.6 Å². The largest absolute Gasteiger partial charge is 0.491 e. The first-order chi connectivity index (χ1) is 8.68. The van der Waals surface area contributed by atoms with Gasteiger partial charge >= 0.3 is 0 Å². The van der Waals surface area contributed by atoms with Gasteiger partial charge in [-0.15, -0.1) is 0 Å². The summed E-state index contributed by atoms with van der Waals surface area (Å²) < 4.78 is 5.80. The molecule has 2 nitrogen and oxygen atoms in total. The quantitative estimate of drug-likeness (QED) is 0.869. The van der Waals surface area contributed by atoms with E-state index in [4.69, 9.17) is 4.74 Å². The van der Waals surface area contributed by atoms with Gasteiger partial charge in [0.15, 0.2) is 0 Å². The van der Waals surface area contributed by atoms with Gasteiger partial charge in [0.1, 0.15) is 5.75 Å². The number of hydrogen-bond acceptors (Lipinski definition) is 2. The number of ether oxygens (including phenoxy) is 1. The van der Waals surface area contributed by atoms with E-state index in [0.29, 0.717) is 5.92 Å². The summed E-state index contributed by atoms with van der Waals surface area (Å²) in [5, 5.41) is 10.6. The van der Waals surface area contributed by atoms with Gasteiger partial charge in [-0.1, -0.05) is 37.5 Å². The maximum atomic E-state index is 10.6. The Balaban J connectivity index is 2.15. The topological polar surface area (TPSA) is 29.5 Å². The Morgan fingerprint density at radius 1 is 1.11 bits per heavy atom. The SMILES string of the molecule is CC(C)Oc1ccccc1C(O)C1CCCCC1. The van der Waals surface area contributed by atoms with Crippen molar-refractivity contribution in [1.29, 1.82) is 0 Å². The Hall–Kier alpha value is -1.02. The van der Waals surface area contributed by atoms with Crippen LogP contribution in [-0.4, -0.2) is 11.2 Å². The molecule has 1 N–H and O–H groups in total. The van der Waals surface area contributed by atoms with Crippen LogP contribution in [0.2, 0.25) is 0 Å². The predicted octanol–water partition coefficient (Wildman–Crippen LogP) is 4.09. The average molecular weight is 248 g/mol. The molecule has 0 saturated heterocycles. The van der Waals surface area contributed by atoms with Crippen molar-refractivity contribution in [2.24, 2.45) is 5.92 Å². The molecule has 0 aromatic heterocycles. The molecule has 2 heteroatoms. The minimum Gasteiger partial charge on any atom is -0.491 e. The van der Waals surface area contributed by atoms with Crippen LogP contribution in [0, 0.1) is 5.92 Å². The van der Waals surface area contributed by atoms with Gasteiger partial charge in [-0.25, -0.2) is 0 Å². The third-order valence-electron chi connectivity index (χ3n) is 3.70. The van der Waals surface area contributed by atoms with Crippen LogP contribution in [0.25, 0.3) is 0 Å². The predicted molar refractivity (Wildman–Crippen MR) is 73.7 cm³/mol. The summed E-state index contributed by atoms with van der Waals surface area (Å²) in [4.78, 5) is 0. The lowest BCUT2D eigenvalue weighted by Crippen LogP contribution is -2.17. The van der Waals surface area contributed by atoms with E-state index in [-0.39, 0.29) is 12.2 Å². The van der Waals surface area contributed by atoms with Crippen molar-refractivity contribution in [2.75, 3.05) is 0 Å². The molecule has 0 spiro atoms. The summed E-state index contributed by atoms with van der Waals surface area (Å²) in [6.07, 6.45) is 5.84. The van der Waals surface area contributed by atoms with Crippen LogP contribution in [0.5, 0.6) is 5.75 Å². The van der Waals surface area contributed by atoms with Gasteiger partial charge in [0.2, 0.25) is 0 Å². The molecule has 100 valence electrons. The van der Waals surface area contributed by atoms with Gasteiger partial charge in [-0.05, 0) is 38.7 Å². The van der Waals surface area contributed by atoms with Crippen LogP contribution in [-0.2, 0) is 0 Å². The van der Waals surface area contributed by atoms with Gasteiger partial charge in [-0.2, -0.15) is 0 Å². The monoisotopic (exact) mass is 248 g/mol. The van der Waals surface area contributed by atoms with Gasteiger partial charge < -0.3 is 9.84 Å². The lowest BCUT2D eigenvalue weighted by Gasteiger charge is -2.28. The molecule has 1 fully saturated rings. The standard InChI is InChI=1S/C16H24O2/c1-12(2)18-15-11-7-6-10-14(15)16(17)13-8-4-3-5-9-13/h6-7,10-13,16-17H,3-5,8-9H2,1-2H3. The smallest absolute Gasteiger partial charge is 0.125 e. The Bertz CT molecular complexity index is 367. The van der Waals surface area contributed by atoms with E-state index in [1.54, 1.807) is 0 Å². The van der Waals surface area contributed by atoms with Crippen LogP contribution in [0.3, 0.4) is 0 Å². The van der Waals surface area contributed by atoms with Crippen molar-refractivity contribution < 1.29 is 9.84 Å². The number of para-hydroxylation sites is 1. The third-order valence-corrected chi connectivity index (χ3v) is 3.70. The van der Waals surface area contributed by atoms with Crippen LogP contribution < -0.4 is 4.74 Å². The summed E-state index contributed by atoms with van der Waals surface area (Å²) in [6, 6.07) is 7.90. The molecule has 2 rings (SSSR count). The van der Waals surface area contributed by atoms with E-state index in [2.05, 4.69) is 0 Å².